The van der Waals surface area contributed by atoms with Crippen molar-refractivity contribution in [2.45, 2.75) is 17.5 Å². The Morgan fingerprint density at radius 1 is 1.11 bits per heavy atom. The molecule has 0 N–H and O–H groups in total. The molecule has 0 radical (unpaired) electrons. The van der Waals surface area contributed by atoms with Gasteiger partial charge in [-0.15, -0.1) is 11.3 Å². The molecule has 0 aliphatic heterocycles. The quantitative estimate of drug-likeness (QED) is 0.283. The Morgan fingerprint density at radius 2 is 1.93 bits per heavy atom. The van der Waals surface area contributed by atoms with Crippen LogP contribution >= 0.6 is 39.0 Å². The molecule has 0 saturated heterocycles. The van der Waals surface area contributed by atoms with E-state index >= 15 is 0 Å². The zero-order chi connectivity index (χ0) is 18.8. The van der Waals surface area contributed by atoms with Crippen LogP contribution in [0, 0.1) is 5.82 Å². The highest BCUT2D eigenvalue weighted by Crippen LogP contribution is 2.25. The maximum absolute atomic E-state index is 13.2. The van der Waals surface area contributed by atoms with Gasteiger partial charge in [-0.2, -0.15) is 0 Å². The van der Waals surface area contributed by atoms with Crippen LogP contribution in [0.5, 0.6) is 0 Å². The van der Waals surface area contributed by atoms with Crippen molar-refractivity contribution in [3.8, 4) is 0 Å². The number of nitrogens with zero attached hydrogens (tertiary/aromatic N) is 2. The lowest BCUT2D eigenvalue weighted by Gasteiger charge is -2.12. The molecule has 0 fully saturated rings. The van der Waals surface area contributed by atoms with Gasteiger partial charge in [-0.3, -0.25) is 9.36 Å². The van der Waals surface area contributed by atoms with Crippen molar-refractivity contribution in [3.05, 3.63) is 91.7 Å². The molecule has 7 heteroatoms. The molecular formula is C20H14BrFN2OS2. The first kappa shape index (κ1) is 18.4. The van der Waals surface area contributed by atoms with E-state index in [0.717, 1.165) is 21.1 Å². The highest BCUT2D eigenvalue weighted by Gasteiger charge is 2.13. The summed E-state index contributed by atoms with van der Waals surface area (Å²) in [5, 5.41) is 2.54. The van der Waals surface area contributed by atoms with E-state index in [2.05, 4.69) is 22.0 Å². The van der Waals surface area contributed by atoms with Crippen LogP contribution in [0.3, 0.4) is 0 Å². The smallest absolute Gasteiger partial charge is 0.272 e. The van der Waals surface area contributed by atoms with Gasteiger partial charge >= 0.3 is 0 Å². The van der Waals surface area contributed by atoms with Crippen LogP contribution < -0.4 is 5.56 Å². The summed E-state index contributed by atoms with van der Waals surface area (Å²) < 4.78 is 16.5. The fourth-order valence-electron chi connectivity index (χ4n) is 2.72. The number of rotatable bonds is 5. The number of hydrogen-bond donors (Lipinski definition) is 0. The van der Waals surface area contributed by atoms with Gasteiger partial charge in [0, 0.05) is 10.2 Å². The van der Waals surface area contributed by atoms with Crippen molar-refractivity contribution in [3.63, 3.8) is 0 Å². The largest absolute Gasteiger partial charge is 0.282 e. The summed E-state index contributed by atoms with van der Waals surface area (Å²) in [6.07, 6.45) is 0. The normalized spacial score (nSPS) is 11.2. The molecule has 2 heterocycles. The number of thioether (sulfide) groups is 1. The summed E-state index contributed by atoms with van der Waals surface area (Å²) in [6, 6.07) is 16.1. The maximum Gasteiger partial charge on any atom is 0.272 e. The molecule has 2 aromatic heterocycles. The van der Waals surface area contributed by atoms with Crippen LogP contribution in [0.25, 0.3) is 10.2 Å². The van der Waals surface area contributed by atoms with Gasteiger partial charge in [0.15, 0.2) is 5.16 Å². The van der Waals surface area contributed by atoms with Crippen LogP contribution in [-0.4, -0.2) is 9.55 Å². The van der Waals surface area contributed by atoms with Crippen LogP contribution in [0.2, 0.25) is 0 Å². The minimum atomic E-state index is -0.290. The molecule has 4 rings (SSSR count). The Labute approximate surface area is 172 Å². The third-order valence-corrected chi connectivity index (χ3v) is 6.47. The number of fused-ring (bicyclic) bond motifs is 1. The average Bonchev–Trinajstić information content (AvgIpc) is 3.13. The first-order chi connectivity index (χ1) is 13.1. The second-order valence-corrected chi connectivity index (χ2v) is 8.74. The van der Waals surface area contributed by atoms with Crippen molar-refractivity contribution < 1.29 is 4.39 Å². The van der Waals surface area contributed by atoms with Gasteiger partial charge in [-0.1, -0.05) is 52.0 Å². The van der Waals surface area contributed by atoms with Crippen LogP contribution in [0.4, 0.5) is 4.39 Å². The summed E-state index contributed by atoms with van der Waals surface area (Å²) in [5.41, 5.74) is 2.66. The fraction of sp³-hybridized carbons (Fsp3) is 0.100. The maximum atomic E-state index is 13.2. The Bertz CT molecular complexity index is 1150. The zero-order valence-corrected chi connectivity index (χ0v) is 17.3. The van der Waals surface area contributed by atoms with Crippen molar-refractivity contribution in [1.82, 2.24) is 9.55 Å². The Hall–Kier alpha value is -1.96. The molecular weight excluding hydrogens is 447 g/mol. The summed E-state index contributed by atoms with van der Waals surface area (Å²) in [4.78, 5) is 17.7. The van der Waals surface area contributed by atoms with Gasteiger partial charge in [-0.25, -0.2) is 9.37 Å². The summed E-state index contributed by atoms with van der Waals surface area (Å²) in [5.74, 6) is 0.410. The lowest BCUT2D eigenvalue weighted by molar-refractivity contribution is 0.623. The number of thiophene rings is 1. The van der Waals surface area contributed by atoms with Gasteiger partial charge in [-0.05, 0) is 46.8 Å². The fourth-order valence-corrected chi connectivity index (χ4v) is 4.89. The predicted molar refractivity (Wildman–Crippen MR) is 113 cm³/mol. The van der Waals surface area contributed by atoms with E-state index in [1.54, 1.807) is 16.7 Å². The first-order valence-corrected chi connectivity index (χ1v) is 10.9. The summed E-state index contributed by atoms with van der Waals surface area (Å²) >= 11 is 6.40. The van der Waals surface area contributed by atoms with E-state index < -0.39 is 0 Å². The molecule has 136 valence electrons. The van der Waals surface area contributed by atoms with Crippen LogP contribution in [-0.2, 0) is 12.3 Å². The van der Waals surface area contributed by atoms with Crippen LogP contribution in [0.1, 0.15) is 11.1 Å². The molecule has 3 nitrogen and oxygen atoms in total. The lowest BCUT2D eigenvalue weighted by Crippen LogP contribution is -2.23. The van der Waals surface area contributed by atoms with Crippen molar-refractivity contribution >= 4 is 49.2 Å². The van der Waals surface area contributed by atoms with Gasteiger partial charge in [0.1, 0.15) is 10.5 Å². The van der Waals surface area contributed by atoms with E-state index in [-0.39, 0.29) is 11.4 Å². The molecule has 2 aromatic carbocycles. The second-order valence-electron chi connectivity index (χ2n) is 5.97. The van der Waals surface area contributed by atoms with E-state index in [9.17, 15) is 9.18 Å². The molecule has 0 saturated carbocycles. The minimum Gasteiger partial charge on any atom is -0.282 e. The molecule has 0 spiro atoms. The minimum absolute atomic E-state index is 0.0592. The van der Waals surface area contributed by atoms with Crippen molar-refractivity contribution in [2.75, 3.05) is 0 Å². The zero-order valence-electron chi connectivity index (χ0n) is 14.1. The molecule has 0 bridgehead atoms. The van der Waals surface area contributed by atoms with Crippen LogP contribution in [0.15, 0.2) is 74.4 Å². The molecule has 27 heavy (non-hydrogen) atoms. The monoisotopic (exact) mass is 460 g/mol. The second kappa shape index (κ2) is 7.96. The van der Waals surface area contributed by atoms with Gasteiger partial charge in [0.2, 0.25) is 0 Å². The Kier molecular flexibility index (Phi) is 5.43. The molecule has 0 unspecified atom stereocenters. The average molecular weight is 461 g/mol. The van der Waals surface area contributed by atoms with E-state index in [0.29, 0.717) is 22.2 Å². The third kappa shape index (κ3) is 4.15. The molecule has 0 amide bonds. The third-order valence-electron chi connectivity index (χ3n) is 4.04. The highest BCUT2D eigenvalue weighted by atomic mass is 79.9. The highest BCUT2D eigenvalue weighted by molar-refractivity contribution is 9.10. The van der Waals surface area contributed by atoms with E-state index in [4.69, 9.17) is 4.98 Å². The number of hydrogen-bond acceptors (Lipinski definition) is 4. The van der Waals surface area contributed by atoms with Gasteiger partial charge in [0.05, 0.1) is 12.1 Å². The molecule has 0 aliphatic carbocycles. The molecule has 0 atom stereocenters. The predicted octanol–water partition coefficient (Wildman–Crippen LogP) is 5.70. The topological polar surface area (TPSA) is 34.9 Å². The van der Waals surface area contributed by atoms with Crippen molar-refractivity contribution in [1.29, 1.82) is 0 Å². The number of aromatic nitrogens is 2. The summed E-state index contributed by atoms with van der Waals surface area (Å²) in [7, 11) is 0. The Morgan fingerprint density at radius 3 is 2.70 bits per heavy atom. The number of halogens is 2. The standard InChI is InChI=1S/C20H14BrFN2OS2/c21-15-3-1-2-14(10-15)12-27-20-23-17-8-9-26-18(17)19(25)24(20)11-13-4-6-16(22)7-5-13/h1-10H,11-12H2. The number of benzene rings is 2. The summed E-state index contributed by atoms with van der Waals surface area (Å²) in [6.45, 7) is 0.362. The van der Waals surface area contributed by atoms with E-state index in [1.807, 2.05) is 29.6 Å². The van der Waals surface area contributed by atoms with E-state index in [1.165, 1.54) is 35.2 Å². The molecule has 0 aliphatic rings. The van der Waals surface area contributed by atoms with Crippen molar-refractivity contribution in [2.24, 2.45) is 0 Å². The first-order valence-electron chi connectivity index (χ1n) is 8.20. The van der Waals surface area contributed by atoms with Gasteiger partial charge in [0.25, 0.3) is 5.56 Å². The Balaban J connectivity index is 1.71. The molecule has 4 aromatic rings. The van der Waals surface area contributed by atoms with Gasteiger partial charge < -0.3 is 0 Å². The lowest BCUT2D eigenvalue weighted by atomic mass is 10.2. The SMILES string of the molecule is O=c1c2sccc2nc(SCc2cccc(Br)c2)n1Cc1ccc(F)cc1.